The third-order valence-corrected chi connectivity index (χ3v) is 2.57. The van der Waals surface area contributed by atoms with Crippen molar-refractivity contribution < 1.29 is 13.5 Å². The van der Waals surface area contributed by atoms with Gasteiger partial charge in [0.15, 0.2) is 5.82 Å². The molecule has 1 aromatic carbocycles. The molecule has 18 heavy (non-hydrogen) atoms. The summed E-state index contributed by atoms with van der Waals surface area (Å²) < 4.78 is 32.1. The van der Waals surface area contributed by atoms with Crippen LogP contribution >= 0.6 is 11.6 Å². The molecule has 6 heteroatoms. The first-order valence-electron chi connectivity index (χ1n) is 5.08. The lowest BCUT2D eigenvalue weighted by atomic mass is 10.2. The van der Waals surface area contributed by atoms with Crippen molar-refractivity contribution >= 4 is 11.6 Å². The fourth-order valence-electron chi connectivity index (χ4n) is 1.34. The Bertz CT molecular complexity index is 578. The van der Waals surface area contributed by atoms with Crippen LogP contribution in [0.3, 0.4) is 0 Å². The van der Waals surface area contributed by atoms with Crippen molar-refractivity contribution in [2.45, 2.75) is 6.54 Å². The van der Waals surface area contributed by atoms with Crippen molar-refractivity contribution in [2.24, 2.45) is 5.73 Å². The van der Waals surface area contributed by atoms with Crippen LogP contribution in [0.2, 0.25) is 5.02 Å². The van der Waals surface area contributed by atoms with Crippen LogP contribution in [0.1, 0.15) is 5.56 Å². The van der Waals surface area contributed by atoms with Crippen molar-refractivity contribution in [3.05, 3.63) is 52.7 Å². The zero-order chi connectivity index (χ0) is 13.1. The molecule has 2 N–H and O–H groups in total. The third-order valence-electron chi connectivity index (χ3n) is 2.26. The lowest BCUT2D eigenvalue weighted by molar-refractivity contribution is 0.416. The number of nitrogens with two attached hydrogens (primary N) is 1. The van der Waals surface area contributed by atoms with E-state index in [1.807, 2.05) is 0 Å². The molecule has 1 heterocycles. The predicted octanol–water partition coefficient (Wildman–Crippen LogP) is 3.26. The van der Waals surface area contributed by atoms with Crippen LogP contribution < -0.4 is 10.5 Å². The molecule has 3 nitrogen and oxygen atoms in total. The summed E-state index contributed by atoms with van der Waals surface area (Å²) in [6.45, 7) is 0.0275. The van der Waals surface area contributed by atoms with E-state index in [2.05, 4.69) is 4.98 Å². The smallest absolute Gasteiger partial charge is 0.256 e. The summed E-state index contributed by atoms with van der Waals surface area (Å²) in [4.78, 5) is 3.73. The van der Waals surface area contributed by atoms with Gasteiger partial charge in [-0.1, -0.05) is 11.6 Å². The van der Waals surface area contributed by atoms with Gasteiger partial charge in [0.2, 0.25) is 0 Å². The van der Waals surface area contributed by atoms with Gasteiger partial charge in [-0.15, -0.1) is 0 Å². The largest absolute Gasteiger partial charge is 0.436 e. The van der Waals surface area contributed by atoms with Crippen molar-refractivity contribution in [3.8, 4) is 11.6 Å². The number of ether oxygens (including phenoxy) is 1. The summed E-state index contributed by atoms with van der Waals surface area (Å²) >= 11 is 5.53. The summed E-state index contributed by atoms with van der Waals surface area (Å²) in [5.74, 6) is -1.45. The maximum atomic E-state index is 13.8. The average Bonchev–Trinajstić information content (AvgIpc) is 2.36. The topological polar surface area (TPSA) is 48.1 Å². The molecule has 2 aromatic rings. The number of rotatable bonds is 3. The van der Waals surface area contributed by atoms with E-state index in [1.54, 1.807) is 0 Å². The van der Waals surface area contributed by atoms with Gasteiger partial charge in [-0.3, -0.25) is 0 Å². The van der Waals surface area contributed by atoms with Crippen LogP contribution in [-0.4, -0.2) is 4.98 Å². The van der Waals surface area contributed by atoms with E-state index >= 15 is 0 Å². The molecule has 94 valence electrons. The Balaban J connectivity index is 2.31. The van der Waals surface area contributed by atoms with Crippen molar-refractivity contribution in [2.75, 3.05) is 0 Å². The van der Waals surface area contributed by atoms with Gasteiger partial charge in [-0.05, 0) is 18.2 Å². The highest BCUT2D eigenvalue weighted by molar-refractivity contribution is 6.30. The molecule has 2 rings (SSSR count). The molecular formula is C12H9ClF2N2O. The Morgan fingerprint density at radius 3 is 2.72 bits per heavy atom. The SMILES string of the molecule is NCc1ccnc(Oc2ccc(Cl)c(F)c2)c1F. The predicted molar refractivity (Wildman–Crippen MR) is 63.6 cm³/mol. The third kappa shape index (κ3) is 2.57. The molecule has 0 spiro atoms. The summed E-state index contributed by atoms with van der Waals surface area (Å²) in [5.41, 5.74) is 5.63. The van der Waals surface area contributed by atoms with E-state index in [0.717, 1.165) is 6.07 Å². The molecule has 0 amide bonds. The number of hydrogen-bond acceptors (Lipinski definition) is 3. The summed E-state index contributed by atoms with van der Waals surface area (Å²) in [6, 6.07) is 5.24. The number of aromatic nitrogens is 1. The minimum Gasteiger partial charge on any atom is -0.436 e. The highest BCUT2D eigenvalue weighted by Crippen LogP contribution is 2.26. The maximum Gasteiger partial charge on any atom is 0.256 e. The van der Waals surface area contributed by atoms with E-state index < -0.39 is 11.6 Å². The highest BCUT2D eigenvalue weighted by Gasteiger charge is 2.11. The summed E-state index contributed by atoms with van der Waals surface area (Å²) in [7, 11) is 0. The second-order valence-corrected chi connectivity index (χ2v) is 3.88. The normalized spacial score (nSPS) is 10.4. The molecular weight excluding hydrogens is 262 g/mol. The number of nitrogens with zero attached hydrogens (tertiary/aromatic N) is 1. The van der Waals surface area contributed by atoms with Gasteiger partial charge >= 0.3 is 0 Å². The molecule has 0 aliphatic carbocycles. The Labute approximate surface area is 107 Å². The van der Waals surface area contributed by atoms with Crippen LogP contribution in [-0.2, 0) is 6.54 Å². The molecule has 0 bridgehead atoms. The van der Waals surface area contributed by atoms with Crippen LogP contribution in [0, 0.1) is 11.6 Å². The van der Waals surface area contributed by atoms with Crippen molar-refractivity contribution in [3.63, 3.8) is 0 Å². The molecule has 0 atom stereocenters. The van der Waals surface area contributed by atoms with Crippen LogP contribution in [0.25, 0.3) is 0 Å². The lowest BCUT2D eigenvalue weighted by Gasteiger charge is -2.08. The minimum absolute atomic E-state index is 0.0275. The Morgan fingerprint density at radius 1 is 1.28 bits per heavy atom. The summed E-state index contributed by atoms with van der Waals surface area (Å²) in [6.07, 6.45) is 1.37. The highest BCUT2D eigenvalue weighted by atomic mass is 35.5. The number of halogens is 3. The van der Waals surface area contributed by atoms with Gasteiger partial charge in [-0.25, -0.2) is 13.8 Å². The van der Waals surface area contributed by atoms with E-state index in [0.29, 0.717) is 0 Å². The van der Waals surface area contributed by atoms with Crippen molar-refractivity contribution in [1.82, 2.24) is 4.98 Å². The second-order valence-electron chi connectivity index (χ2n) is 3.47. The van der Waals surface area contributed by atoms with Crippen LogP contribution in [0.15, 0.2) is 30.5 Å². The van der Waals surface area contributed by atoms with Crippen LogP contribution in [0.4, 0.5) is 8.78 Å². The molecule has 0 saturated carbocycles. The monoisotopic (exact) mass is 270 g/mol. The fraction of sp³-hybridized carbons (Fsp3) is 0.0833. The number of pyridine rings is 1. The molecule has 0 radical (unpaired) electrons. The van der Waals surface area contributed by atoms with Crippen molar-refractivity contribution in [1.29, 1.82) is 0 Å². The maximum absolute atomic E-state index is 13.8. The van der Waals surface area contributed by atoms with E-state index in [9.17, 15) is 8.78 Å². The molecule has 0 aliphatic heterocycles. The molecule has 0 unspecified atom stereocenters. The summed E-state index contributed by atoms with van der Waals surface area (Å²) in [5, 5.41) is -0.0357. The van der Waals surface area contributed by atoms with Gasteiger partial charge < -0.3 is 10.5 Å². The van der Waals surface area contributed by atoms with E-state index in [-0.39, 0.29) is 28.8 Å². The Morgan fingerprint density at radius 2 is 2.06 bits per heavy atom. The zero-order valence-corrected chi connectivity index (χ0v) is 9.92. The van der Waals surface area contributed by atoms with Gasteiger partial charge in [0.05, 0.1) is 5.02 Å². The second kappa shape index (κ2) is 5.29. The van der Waals surface area contributed by atoms with Gasteiger partial charge in [-0.2, -0.15) is 0 Å². The quantitative estimate of drug-likeness (QED) is 0.931. The Kier molecular flexibility index (Phi) is 3.74. The first kappa shape index (κ1) is 12.7. The van der Waals surface area contributed by atoms with Gasteiger partial charge in [0.1, 0.15) is 11.6 Å². The Hall–Kier alpha value is -1.72. The van der Waals surface area contributed by atoms with Gasteiger partial charge in [0.25, 0.3) is 5.88 Å². The zero-order valence-electron chi connectivity index (χ0n) is 9.16. The number of benzene rings is 1. The molecule has 0 aliphatic rings. The standard InChI is InChI=1S/C12H9ClF2N2O/c13-9-2-1-8(5-10(9)14)18-12-11(15)7(6-16)3-4-17-12/h1-5H,6,16H2. The molecule has 0 saturated heterocycles. The minimum atomic E-state index is -0.657. The lowest BCUT2D eigenvalue weighted by Crippen LogP contribution is -2.02. The van der Waals surface area contributed by atoms with E-state index in [1.165, 1.54) is 24.4 Å². The van der Waals surface area contributed by atoms with E-state index in [4.69, 9.17) is 22.1 Å². The fourth-order valence-corrected chi connectivity index (χ4v) is 1.46. The average molecular weight is 271 g/mol. The van der Waals surface area contributed by atoms with Gasteiger partial charge in [0, 0.05) is 24.4 Å². The first-order chi connectivity index (χ1) is 8.61. The molecule has 1 aromatic heterocycles. The first-order valence-corrected chi connectivity index (χ1v) is 5.46. The molecule has 0 fully saturated rings. The number of hydrogen-bond donors (Lipinski definition) is 1. The van der Waals surface area contributed by atoms with Crippen LogP contribution in [0.5, 0.6) is 11.6 Å².